The lowest BCUT2D eigenvalue weighted by atomic mass is 10.0. The second-order valence-electron chi connectivity index (χ2n) is 3.41. The van der Waals surface area contributed by atoms with Crippen molar-refractivity contribution in [3.8, 4) is 0 Å². The average Bonchev–Trinajstić information content (AvgIpc) is 2.60. The van der Waals surface area contributed by atoms with Gasteiger partial charge in [0.2, 0.25) is 0 Å². The lowest BCUT2D eigenvalue weighted by Crippen LogP contribution is -1.92. The van der Waals surface area contributed by atoms with Crippen LogP contribution in [0, 0.1) is 0 Å². The average molecular weight is 200 g/mol. The van der Waals surface area contributed by atoms with Gasteiger partial charge in [-0.1, -0.05) is 30.3 Å². The van der Waals surface area contributed by atoms with E-state index in [2.05, 4.69) is 0 Å². The molecule has 0 amide bonds. The topological polar surface area (TPSA) is 26.3 Å². The van der Waals surface area contributed by atoms with Crippen LogP contribution in [0.2, 0.25) is 0 Å². The Kier molecular flexibility index (Phi) is 2.68. The smallest absolute Gasteiger partial charge is 0.336 e. The zero-order valence-corrected chi connectivity index (χ0v) is 8.57. The third-order valence-corrected chi connectivity index (χ3v) is 2.32. The Morgan fingerprint density at radius 3 is 2.67 bits per heavy atom. The lowest BCUT2D eigenvalue weighted by Gasteiger charge is -2.03. The zero-order chi connectivity index (χ0) is 10.7. The molecule has 1 aliphatic rings. The summed E-state index contributed by atoms with van der Waals surface area (Å²) in [6, 6.07) is 10.0. The van der Waals surface area contributed by atoms with E-state index in [1.807, 2.05) is 43.3 Å². The van der Waals surface area contributed by atoms with Crippen LogP contribution in [0.3, 0.4) is 0 Å². The Balaban J connectivity index is 2.19. The minimum atomic E-state index is -0.269. The molecule has 0 bridgehead atoms. The highest BCUT2D eigenvalue weighted by molar-refractivity contribution is 5.88. The van der Waals surface area contributed by atoms with Crippen molar-refractivity contribution >= 4 is 5.97 Å². The lowest BCUT2D eigenvalue weighted by molar-refractivity contribution is -0.132. The van der Waals surface area contributed by atoms with Crippen molar-refractivity contribution in [2.24, 2.45) is 0 Å². The minimum absolute atomic E-state index is 0.269. The van der Waals surface area contributed by atoms with Gasteiger partial charge in [-0.3, -0.25) is 0 Å². The fourth-order valence-electron chi connectivity index (χ4n) is 1.62. The van der Waals surface area contributed by atoms with Crippen LogP contribution in [-0.4, -0.2) is 5.97 Å². The van der Waals surface area contributed by atoms with Gasteiger partial charge in [0, 0.05) is 18.1 Å². The summed E-state index contributed by atoms with van der Waals surface area (Å²) in [5.41, 5.74) is 2.13. The summed E-state index contributed by atoms with van der Waals surface area (Å²) < 4.78 is 5.02. The number of hydrogen-bond acceptors (Lipinski definition) is 2. The molecule has 0 aromatic heterocycles. The number of carbonyl (C=O) groups excluding carboxylic acids is 1. The van der Waals surface area contributed by atoms with Gasteiger partial charge in [-0.05, 0) is 18.6 Å². The number of esters is 1. The van der Waals surface area contributed by atoms with E-state index in [0.29, 0.717) is 5.76 Å². The largest absolute Gasteiger partial charge is 0.423 e. The van der Waals surface area contributed by atoms with E-state index < -0.39 is 0 Å². The molecule has 0 saturated carbocycles. The van der Waals surface area contributed by atoms with Gasteiger partial charge in [-0.25, -0.2) is 4.79 Å². The summed E-state index contributed by atoms with van der Waals surface area (Å²) in [4.78, 5) is 11.1. The zero-order valence-electron chi connectivity index (χ0n) is 8.57. The molecule has 0 radical (unpaired) electrons. The van der Waals surface area contributed by atoms with Gasteiger partial charge in [-0.2, -0.15) is 0 Å². The number of cyclic esters (lactones) is 1. The SMILES string of the molecule is C/C=C1\OC(=O)C=C1Cc1ccccc1. The molecule has 2 rings (SSSR count). The number of benzene rings is 1. The van der Waals surface area contributed by atoms with Crippen molar-refractivity contribution in [2.45, 2.75) is 13.3 Å². The van der Waals surface area contributed by atoms with E-state index in [0.717, 1.165) is 12.0 Å². The van der Waals surface area contributed by atoms with E-state index in [9.17, 15) is 4.79 Å². The highest BCUT2D eigenvalue weighted by Crippen LogP contribution is 2.23. The van der Waals surface area contributed by atoms with E-state index in [4.69, 9.17) is 4.74 Å². The standard InChI is InChI=1S/C13H12O2/c1-2-12-11(9-13(14)15-12)8-10-6-4-3-5-7-10/h2-7,9H,8H2,1H3/b12-2-. The van der Waals surface area contributed by atoms with Crippen LogP contribution in [0.25, 0.3) is 0 Å². The molecule has 2 nitrogen and oxygen atoms in total. The molecule has 0 saturated heterocycles. The second-order valence-corrected chi connectivity index (χ2v) is 3.41. The normalized spacial score (nSPS) is 17.8. The summed E-state index contributed by atoms with van der Waals surface area (Å²) in [6.07, 6.45) is 4.12. The molecule has 1 aliphatic heterocycles. The third-order valence-electron chi connectivity index (χ3n) is 2.32. The summed E-state index contributed by atoms with van der Waals surface area (Å²) in [6.45, 7) is 1.87. The summed E-state index contributed by atoms with van der Waals surface area (Å²) in [5.74, 6) is 0.415. The minimum Gasteiger partial charge on any atom is -0.423 e. The van der Waals surface area contributed by atoms with Crippen molar-refractivity contribution < 1.29 is 9.53 Å². The van der Waals surface area contributed by atoms with Crippen LogP contribution in [0.5, 0.6) is 0 Å². The molecule has 0 N–H and O–H groups in total. The molecule has 1 aromatic rings. The predicted octanol–water partition coefficient (Wildman–Crippen LogP) is 2.62. The quantitative estimate of drug-likeness (QED) is 0.686. The molecule has 76 valence electrons. The Labute approximate surface area is 88.9 Å². The van der Waals surface area contributed by atoms with Crippen LogP contribution >= 0.6 is 0 Å². The molecule has 15 heavy (non-hydrogen) atoms. The highest BCUT2D eigenvalue weighted by Gasteiger charge is 2.18. The third kappa shape index (κ3) is 2.15. The van der Waals surface area contributed by atoms with Crippen molar-refractivity contribution in [2.75, 3.05) is 0 Å². The van der Waals surface area contributed by atoms with Crippen LogP contribution in [0.15, 0.2) is 53.8 Å². The Bertz CT molecular complexity index is 427. The van der Waals surface area contributed by atoms with Gasteiger partial charge in [0.15, 0.2) is 0 Å². The molecule has 0 fully saturated rings. The first-order chi connectivity index (χ1) is 7.29. The number of ether oxygens (including phenoxy) is 1. The first-order valence-corrected chi connectivity index (χ1v) is 4.92. The Morgan fingerprint density at radius 2 is 2.00 bits per heavy atom. The van der Waals surface area contributed by atoms with Gasteiger partial charge < -0.3 is 4.74 Å². The van der Waals surface area contributed by atoms with Gasteiger partial charge in [0.1, 0.15) is 5.76 Å². The van der Waals surface area contributed by atoms with Crippen LogP contribution < -0.4 is 0 Å². The second kappa shape index (κ2) is 4.13. The molecule has 0 unspecified atom stereocenters. The first-order valence-electron chi connectivity index (χ1n) is 4.92. The maximum absolute atomic E-state index is 11.1. The highest BCUT2D eigenvalue weighted by atomic mass is 16.5. The maximum atomic E-state index is 11.1. The van der Waals surface area contributed by atoms with Crippen molar-refractivity contribution in [3.63, 3.8) is 0 Å². The Morgan fingerprint density at radius 1 is 1.27 bits per heavy atom. The van der Waals surface area contributed by atoms with E-state index in [1.165, 1.54) is 5.56 Å². The van der Waals surface area contributed by atoms with Crippen LogP contribution in [-0.2, 0) is 16.0 Å². The number of allylic oxidation sites excluding steroid dienone is 2. The molecular formula is C13H12O2. The number of hydrogen-bond donors (Lipinski definition) is 0. The van der Waals surface area contributed by atoms with Crippen LogP contribution in [0.1, 0.15) is 12.5 Å². The fraction of sp³-hybridized carbons (Fsp3) is 0.154. The van der Waals surface area contributed by atoms with Gasteiger partial charge in [-0.15, -0.1) is 0 Å². The molecule has 2 heteroatoms. The summed E-state index contributed by atoms with van der Waals surface area (Å²) in [5, 5.41) is 0. The predicted molar refractivity (Wildman–Crippen MR) is 58.1 cm³/mol. The molecule has 1 heterocycles. The van der Waals surface area contributed by atoms with Crippen molar-refractivity contribution in [1.29, 1.82) is 0 Å². The molecular weight excluding hydrogens is 188 g/mol. The molecule has 0 atom stereocenters. The van der Waals surface area contributed by atoms with Crippen molar-refractivity contribution in [3.05, 3.63) is 59.4 Å². The van der Waals surface area contributed by atoms with E-state index >= 15 is 0 Å². The summed E-state index contributed by atoms with van der Waals surface area (Å²) >= 11 is 0. The fourth-order valence-corrected chi connectivity index (χ4v) is 1.62. The first kappa shape index (κ1) is 9.71. The monoisotopic (exact) mass is 200 g/mol. The van der Waals surface area contributed by atoms with Gasteiger partial charge in [0.25, 0.3) is 0 Å². The van der Waals surface area contributed by atoms with Gasteiger partial charge in [0.05, 0.1) is 0 Å². The number of rotatable bonds is 2. The molecule has 0 aliphatic carbocycles. The molecule has 0 spiro atoms. The van der Waals surface area contributed by atoms with Crippen molar-refractivity contribution in [1.82, 2.24) is 0 Å². The maximum Gasteiger partial charge on any atom is 0.336 e. The van der Waals surface area contributed by atoms with E-state index in [1.54, 1.807) is 6.08 Å². The van der Waals surface area contributed by atoms with E-state index in [-0.39, 0.29) is 5.97 Å². The van der Waals surface area contributed by atoms with Gasteiger partial charge >= 0.3 is 5.97 Å². The van der Waals surface area contributed by atoms with Crippen LogP contribution in [0.4, 0.5) is 0 Å². The molecule has 1 aromatic carbocycles. The summed E-state index contributed by atoms with van der Waals surface area (Å²) in [7, 11) is 0. The number of carbonyl (C=O) groups is 1. The Hall–Kier alpha value is -1.83.